The van der Waals surface area contributed by atoms with Crippen molar-refractivity contribution in [2.24, 2.45) is 46.3 Å². The van der Waals surface area contributed by atoms with E-state index in [9.17, 15) is 19.8 Å². The van der Waals surface area contributed by atoms with Crippen molar-refractivity contribution in [1.29, 1.82) is 0 Å². The molecule has 1 aromatic carbocycles. The maximum absolute atomic E-state index is 12.6. The second kappa shape index (κ2) is 14.1. The number of carbonyl (C=O) groups is 2. The minimum absolute atomic E-state index is 0.0938. The molecule has 3 fully saturated rings. The number of carboxylic acid groups (broad SMARTS) is 1. The molecule has 0 heterocycles. The van der Waals surface area contributed by atoms with Crippen molar-refractivity contribution in [3.63, 3.8) is 0 Å². The second-order valence-corrected chi connectivity index (χ2v) is 15.7. The predicted molar refractivity (Wildman–Crippen MR) is 176 cm³/mol. The van der Waals surface area contributed by atoms with Crippen LogP contribution in [-0.2, 0) is 4.74 Å². The van der Waals surface area contributed by atoms with Crippen LogP contribution in [0.4, 0.5) is 9.59 Å². The summed E-state index contributed by atoms with van der Waals surface area (Å²) in [4.78, 5) is 26.2. The van der Waals surface area contributed by atoms with Crippen molar-refractivity contribution in [2.45, 2.75) is 117 Å². The standard InChI is InChI=1S/C38H57NO6/c1-25(2)10-9-11-26(3)32-16-17-33-31-15-14-27-22-28(18-20-37(27,4)34(31)19-21-38(32,33)5)39(35(41)42)29(23-40)24-44-36(43)45-30-12-7-6-8-13-30/h6-8,12-14,25-26,28-29,31-34,40H,9-11,15-24H2,1-5H3,(H,41,42)/t26-,28+,29?,31+,32-,33+,34+,37+,38-/m1/s1. The van der Waals surface area contributed by atoms with Gasteiger partial charge in [-0.15, -0.1) is 0 Å². The molecule has 250 valence electrons. The number of allylic oxidation sites excluding steroid dienone is 1. The van der Waals surface area contributed by atoms with Gasteiger partial charge in [-0.25, -0.2) is 9.59 Å². The zero-order valence-corrected chi connectivity index (χ0v) is 28.2. The van der Waals surface area contributed by atoms with E-state index >= 15 is 0 Å². The van der Waals surface area contributed by atoms with Gasteiger partial charge in [0.1, 0.15) is 12.4 Å². The Balaban J connectivity index is 1.24. The van der Waals surface area contributed by atoms with Crippen LogP contribution < -0.4 is 4.74 Å². The van der Waals surface area contributed by atoms with Crippen molar-refractivity contribution < 1.29 is 29.3 Å². The van der Waals surface area contributed by atoms with Gasteiger partial charge < -0.3 is 19.7 Å². The van der Waals surface area contributed by atoms with Crippen molar-refractivity contribution in [2.75, 3.05) is 13.2 Å². The Bertz CT molecular complexity index is 1200. The normalized spacial score (nSPS) is 33.7. The lowest BCUT2D eigenvalue weighted by atomic mass is 9.46. The Morgan fingerprint density at radius 3 is 2.44 bits per heavy atom. The summed E-state index contributed by atoms with van der Waals surface area (Å²) in [6.45, 7) is 11.6. The van der Waals surface area contributed by atoms with E-state index in [4.69, 9.17) is 9.47 Å². The number of fused-ring (bicyclic) bond motifs is 5. The molecule has 7 heteroatoms. The molecular weight excluding hydrogens is 566 g/mol. The first kappa shape index (κ1) is 33.8. The van der Waals surface area contributed by atoms with Gasteiger partial charge in [-0.3, -0.25) is 4.90 Å². The van der Waals surface area contributed by atoms with Gasteiger partial charge in [-0.2, -0.15) is 0 Å². The third-order valence-corrected chi connectivity index (χ3v) is 12.8. The number of rotatable bonds is 11. The van der Waals surface area contributed by atoms with Gasteiger partial charge in [0.15, 0.2) is 0 Å². The first-order valence-corrected chi connectivity index (χ1v) is 17.7. The molecule has 3 saturated carbocycles. The lowest BCUT2D eigenvalue weighted by molar-refractivity contribution is -0.0569. The minimum Gasteiger partial charge on any atom is -0.465 e. The summed E-state index contributed by atoms with van der Waals surface area (Å²) in [5.74, 6) is 4.90. The molecule has 1 aromatic rings. The summed E-state index contributed by atoms with van der Waals surface area (Å²) in [6.07, 6.45) is 13.3. The second-order valence-electron chi connectivity index (χ2n) is 15.7. The van der Waals surface area contributed by atoms with Gasteiger partial charge in [-0.05, 0) is 110 Å². The van der Waals surface area contributed by atoms with Crippen LogP contribution in [-0.4, -0.2) is 52.7 Å². The highest BCUT2D eigenvalue weighted by atomic mass is 16.7. The Labute approximate surface area is 270 Å². The number of benzene rings is 1. The third kappa shape index (κ3) is 6.94. The van der Waals surface area contributed by atoms with E-state index in [0.29, 0.717) is 29.4 Å². The maximum atomic E-state index is 12.6. The first-order chi connectivity index (χ1) is 21.5. The van der Waals surface area contributed by atoms with Crippen LogP contribution >= 0.6 is 0 Å². The molecule has 1 unspecified atom stereocenters. The number of ether oxygens (including phenoxy) is 2. The number of carbonyl (C=O) groups excluding carboxylic acids is 1. The molecule has 5 rings (SSSR count). The highest BCUT2D eigenvalue weighted by molar-refractivity contribution is 5.67. The Morgan fingerprint density at radius 1 is 1.00 bits per heavy atom. The van der Waals surface area contributed by atoms with Crippen LogP contribution in [0.15, 0.2) is 42.0 Å². The van der Waals surface area contributed by atoms with Crippen LogP contribution in [0.25, 0.3) is 0 Å². The van der Waals surface area contributed by atoms with E-state index in [0.717, 1.165) is 42.9 Å². The van der Waals surface area contributed by atoms with Crippen LogP contribution in [0.1, 0.15) is 105 Å². The molecular formula is C38H57NO6. The van der Waals surface area contributed by atoms with E-state index in [2.05, 4.69) is 40.7 Å². The Kier molecular flexibility index (Phi) is 10.6. The highest BCUT2D eigenvalue weighted by Crippen LogP contribution is 2.67. The molecule has 1 amide bonds. The molecule has 4 aliphatic carbocycles. The molecule has 0 aromatic heterocycles. The predicted octanol–water partition coefficient (Wildman–Crippen LogP) is 8.95. The molecule has 4 aliphatic rings. The summed E-state index contributed by atoms with van der Waals surface area (Å²) in [7, 11) is 0. The molecule has 45 heavy (non-hydrogen) atoms. The topological polar surface area (TPSA) is 96.3 Å². The van der Waals surface area contributed by atoms with Crippen LogP contribution in [0, 0.1) is 46.3 Å². The smallest absolute Gasteiger partial charge is 0.465 e. The largest absolute Gasteiger partial charge is 0.513 e. The number of amides is 1. The summed E-state index contributed by atoms with van der Waals surface area (Å²) < 4.78 is 10.5. The number of aliphatic hydroxyl groups excluding tert-OH is 1. The zero-order valence-electron chi connectivity index (χ0n) is 28.2. The number of nitrogens with zero attached hydrogens (tertiary/aromatic N) is 1. The average molecular weight is 624 g/mol. The molecule has 0 spiro atoms. The average Bonchev–Trinajstić information content (AvgIpc) is 3.36. The van der Waals surface area contributed by atoms with Gasteiger partial charge >= 0.3 is 12.2 Å². The third-order valence-electron chi connectivity index (χ3n) is 12.8. The van der Waals surface area contributed by atoms with E-state index < -0.39 is 24.9 Å². The van der Waals surface area contributed by atoms with Crippen LogP contribution in [0.3, 0.4) is 0 Å². The van der Waals surface area contributed by atoms with Crippen molar-refractivity contribution in [3.05, 3.63) is 42.0 Å². The molecule has 9 atom stereocenters. The van der Waals surface area contributed by atoms with E-state index in [1.54, 1.807) is 24.3 Å². The summed E-state index contributed by atoms with van der Waals surface area (Å²) in [5.41, 5.74) is 1.93. The van der Waals surface area contributed by atoms with Gasteiger partial charge in [0.25, 0.3) is 0 Å². The van der Waals surface area contributed by atoms with Crippen LogP contribution in [0.2, 0.25) is 0 Å². The fourth-order valence-corrected chi connectivity index (χ4v) is 10.5. The van der Waals surface area contributed by atoms with Gasteiger partial charge in [0.05, 0.1) is 12.6 Å². The van der Waals surface area contributed by atoms with E-state index in [1.807, 2.05) is 6.07 Å². The molecule has 0 aliphatic heterocycles. The monoisotopic (exact) mass is 623 g/mol. The first-order valence-electron chi connectivity index (χ1n) is 17.7. The van der Waals surface area contributed by atoms with Gasteiger partial charge in [0.2, 0.25) is 0 Å². The molecule has 0 radical (unpaired) electrons. The molecule has 2 N–H and O–H groups in total. The fraction of sp³-hybridized carbons (Fsp3) is 0.737. The van der Waals surface area contributed by atoms with Crippen molar-refractivity contribution >= 4 is 12.2 Å². The maximum Gasteiger partial charge on any atom is 0.513 e. The summed E-state index contributed by atoms with van der Waals surface area (Å²) in [6, 6.07) is 7.47. The van der Waals surface area contributed by atoms with Crippen LogP contribution in [0.5, 0.6) is 5.75 Å². The number of aliphatic hydroxyl groups is 1. The van der Waals surface area contributed by atoms with E-state index in [-0.39, 0.29) is 18.1 Å². The SMILES string of the molecule is CC(C)CCC[C@@H](C)[C@H]1CC[C@H]2[C@@H]3CC=C4C[C@@H](N(C(=O)O)C(CO)COC(=O)Oc5ccccc5)CC[C@]4(C)[C@H]3CC[C@]12C. The quantitative estimate of drug-likeness (QED) is 0.145. The van der Waals surface area contributed by atoms with Gasteiger partial charge in [0, 0.05) is 6.04 Å². The van der Waals surface area contributed by atoms with Gasteiger partial charge in [-0.1, -0.05) is 83.7 Å². The Morgan fingerprint density at radius 2 is 1.76 bits per heavy atom. The summed E-state index contributed by atoms with van der Waals surface area (Å²) >= 11 is 0. The highest BCUT2D eigenvalue weighted by Gasteiger charge is 2.59. The van der Waals surface area contributed by atoms with Crippen molar-refractivity contribution in [1.82, 2.24) is 4.90 Å². The summed E-state index contributed by atoms with van der Waals surface area (Å²) in [5, 5.41) is 20.5. The number of hydrogen-bond donors (Lipinski definition) is 2. The number of para-hydroxylation sites is 1. The molecule has 7 nitrogen and oxygen atoms in total. The Hall–Kier alpha value is -2.54. The fourth-order valence-electron chi connectivity index (χ4n) is 10.5. The molecule has 0 saturated heterocycles. The lowest BCUT2D eigenvalue weighted by Gasteiger charge is -2.59. The minimum atomic E-state index is -1.09. The number of hydrogen-bond acceptors (Lipinski definition) is 5. The lowest BCUT2D eigenvalue weighted by Crippen LogP contribution is -2.55. The zero-order chi connectivity index (χ0) is 32.4. The van der Waals surface area contributed by atoms with E-state index in [1.165, 1.54) is 55.4 Å². The van der Waals surface area contributed by atoms with Crippen molar-refractivity contribution in [3.8, 4) is 5.75 Å². The molecule has 0 bridgehead atoms.